The van der Waals surface area contributed by atoms with Gasteiger partial charge in [-0.05, 0) is 43.7 Å². The number of nitrogens with one attached hydrogen (secondary N) is 1. The summed E-state index contributed by atoms with van der Waals surface area (Å²) in [6.45, 7) is 4.37. The van der Waals surface area contributed by atoms with Crippen molar-refractivity contribution in [2.45, 2.75) is 26.4 Å². The molecule has 0 aliphatic rings. The number of halogens is 2. The molecule has 0 radical (unpaired) electrons. The van der Waals surface area contributed by atoms with E-state index in [4.69, 9.17) is 5.11 Å². The van der Waals surface area contributed by atoms with Crippen LogP contribution in [-0.4, -0.2) is 5.11 Å². The Morgan fingerprint density at radius 3 is 2.42 bits per heavy atom. The van der Waals surface area contributed by atoms with Crippen LogP contribution in [0.4, 0.5) is 8.78 Å². The molecule has 1 heterocycles. The summed E-state index contributed by atoms with van der Waals surface area (Å²) in [5.41, 5.74) is 0.466. The SMILES string of the molecule is Cc1ccc(C(C)NCc2cc(F)c(O)c(F)c2)s1. The summed E-state index contributed by atoms with van der Waals surface area (Å²) >= 11 is 1.69. The van der Waals surface area contributed by atoms with Crippen molar-refractivity contribution in [1.82, 2.24) is 5.32 Å². The van der Waals surface area contributed by atoms with Gasteiger partial charge in [0.2, 0.25) is 0 Å². The first kappa shape index (κ1) is 14.0. The van der Waals surface area contributed by atoms with Crippen LogP contribution < -0.4 is 5.32 Å². The van der Waals surface area contributed by atoms with Gasteiger partial charge in [-0.1, -0.05) is 0 Å². The van der Waals surface area contributed by atoms with Gasteiger partial charge in [-0.15, -0.1) is 11.3 Å². The van der Waals surface area contributed by atoms with Crippen LogP contribution >= 0.6 is 11.3 Å². The van der Waals surface area contributed by atoms with Crippen LogP contribution in [0.1, 0.15) is 28.3 Å². The predicted octanol–water partition coefficient (Wildman–Crippen LogP) is 3.89. The minimum Gasteiger partial charge on any atom is -0.503 e. The fourth-order valence-corrected chi connectivity index (χ4v) is 2.68. The number of thiophene rings is 1. The molecule has 2 N–H and O–H groups in total. The number of hydrogen-bond donors (Lipinski definition) is 2. The van der Waals surface area contributed by atoms with E-state index in [1.54, 1.807) is 11.3 Å². The lowest BCUT2D eigenvalue weighted by Crippen LogP contribution is -2.17. The summed E-state index contributed by atoms with van der Waals surface area (Å²) in [5.74, 6) is -2.79. The fraction of sp³-hybridized carbons (Fsp3) is 0.286. The molecular formula is C14H15F2NOS. The lowest BCUT2D eigenvalue weighted by Gasteiger charge is -2.12. The van der Waals surface area contributed by atoms with Gasteiger partial charge in [0, 0.05) is 22.3 Å². The highest BCUT2D eigenvalue weighted by Gasteiger charge is 2.11. The molecule has 0 aliphatic carbocycles. The predicted molar refractivity (Wildman–Crippen MR) is 72.3 cm³/mol. The van der Waals surface area contributed by atoms with E-state index in [0.717, 1.165) is 12.1 Å². The third kappa shape index (κ3) is 3.30. The van der Waals surface area contributed by atoms with E-state index in [1.807, 2.05) is 26.0 Å². The van der Waals surface area contributed by atoms with Crippen molar-refractivity contribution in [2.75, 3.05) is 0 Å². The van der Waals surface area contributed by atoms with E-state index in [0.29, 0.717) is 12.1 Å². The van der Waals surface area contributed by atoms with Crippen LogP contribution in [0.2, 0.25) is 0 Å². The second-order valence-corrected chi connectivity index (χ2v) is 5.78. The van der Waals surface area contributed by atoms with Crippen molar-refractivity contribution in [3.05, 3.63) is 51.2 Å². The highest BCUT2D eigenvalue weighted by molar-refractivity contribution is 7.12. The molecule has 1 unspecified atom stereocenters. The number of benzene rings is 1. The molecule has 1 aromatic carbocycles. The van der Waals surface area contributed by atoms with Crippen LogP contribution in [0.5, 0.6) is 5.75 Å². The Balaban J connectivity index is 2.03. The number of aromatic hydroxyl groups is 1. The zero-order chi connectivity index (χ0) is 14.0. The van der Waals surface area contributed by atoms with Gasteiger partial charge in [0.05, 0.1) is 0 Å². The molecule has 0 spiro atoms. The van der Waals surface area contributed by atoms with Crippen LogP contribution in [0, 0.1) is 18.6 Å². The van der Waals surface area contributed by atoms with Gasteiger partial charge in [0.15, 0.2) is 17.4 Å². The quantitative estimate of drug-likeness (QED) is 0.892. The molecule has 0 bridgehead atoms. The molecule has 0 aliphatic heterocycles. The van der Waals surface area contributed by atoms with E-state index < -0.39 is 17.4 Å². The Bertz CT molecular complexity index is 560. The molecule has 5 heteroatoms. The normalized spacial score (nSPS) is 12.6. The Hall–Kier alpha value is -1.46. The van der Waals surface area contributed by atoms with Gasteiger partial charge >= 0.3 is 0 Å². The minimum atomic E-state index is -0.934. The molecule has 1 atom stereocenters. The van der Waals surface area contributed by atoms with E-state index in [2.05, 4.69) is 5.32 Å². The molecular weight excluding hydrogens is 268 g/mol. The first-order valence-corrected chi connectivity index (χ1v) is 6.75. The summed E-state index contributed by atoms with van der Waals surface area (Å²) in [7, 11) is 0. The van der Waals surface area contributed by atoms with Gasteiger partial charge in [-0.3, -0.25) is 0 Å². The third-order valence-corrected chi connectivity index (χ3v) is 4.06. The lowest BCUT2D eigenvalue weighted by atomic mass is 10.2. The second-order valence-electron chi connectivity index (χ2n) is 4.46. The largest absolute Gasteiger partial charge is 0.503 e. The van der Waals surface area contributed by atoms with E-state index in [-0.39, 0.29) is 6.04 Å². The zero-order valence-corrected chi connectivity index (χ0v) is 11.5. The number of aryl methyl sites for hydroxylation is 1. The van der Waals surface area contributed by atoms with Crippen molar-refractivity contribution < 1.29 is 13.9 Å². The second kappa shape index (κ2) is 5.67. The first-order valence-electron chi connectivity index (χ1n) is 5.94. The van der Waals surface area contributed by atoms with Gasteiger partial charge in [-0.25, -0.2) is 8.78 Å². The van der Waals surface area contributed by atoms with Crippen molar-refractivity contribution in [3.8, 4) is 5.75 Å². The molecule has 19 heavy (non-hydrogen) atoms. The standard InChI is InChI=1S/C14H15F2NOS/c1-8-3-4-13(19-8)9(2)17-7-10-5-11(15)14(18)12(16)6-10/h3-6,9,17-18H,7H2,1-2H3. The maximum absolute atomic E-state index is 13.2. The monoisotopic (exact) mass is 283 g/mol. The van der Waals surface area contributed by atoms with Crippen LogP contribution in [0.15, 0.2) is 24.3 Å². The Kier molecular flexibility index (Phi) is 4.17. The van der Waals surface area contributed by atoms with Crippen molar-refractivity contribution >= 4 is 11.3 Å². The average Bonchev–Trinajstić information content (AvgIpc) is 2.79. The number of phenolic OH excluding ortho intramolecular Hbond substituents is 1. The van der Waals surface area contributed by atoms with Crippen LogP contribution in [0.3, 0.4) is 0 Å². The molecule has 0 saturated carbocycles. The maximum atomic E-state index is 13.2. The Morgan fingerprint density at radius 2 is 1.89 bits per heavy atom. The zero-order valence-electron chi connectivity index (χ0n) is 10.7. The molecule has 2 aromatic rings. The number of rotatable bonds is 4. The van der Waals surface area contributed by atoms with E-state index in [9.17, 15) is 8.78 Å². The molecule has 102 valence electrons. The maximum Gasteiger partial charge on any atom is 0.187 e. The molecule has 2 nitrogen and oxygen atoms in total. The highest BCUT2D eigenvalue weighted by Crippen LogP contribution is 2.24. The van der Waals surface area contributed by atoms with Crippen molar-refractivity contribution in [1.29, 1.82) is 0 Å². The Labute approximate surface area is 114 Å². The van der Waals surface area contributed by atoms with E-state index >= 15 is 0 Å². The summed E-state index contributed by atoms with van der Waals surface area (Å²) in [5, 5.41) is 12.2. The first-order chi connectivity index (χ1) is 8.97. The van der Waals surface area contributed by atoms with Crippen LogP contribution in [0.25, 0.3) is 0 Å². The number of phenols is 1. The van der Waals surface area contributed by atoms with Gasteiger partial charge in [0.25, 0.3) is 0 Å². The fourth-order valence-electron chi connectivity index (χ4n) is 1.78. The Morgan fingerprint density at radius 1 is 1.26 bits per heavy atom. The molecule has 1 aromatic heterocycles. The van der Waals surface area contributed by atoms with Gasteiger partial charge < -0.3 is 10.4 Å². The van der Waals surface area contributed by atoms with Gasteiger partial charge in [0.1, 0.15) is 0 Å². The summed E-state index contributed by atoms with van der Waals surface area (Å²) in [6, 6.07) is 6.46. The summed E-state index contributed by atoms with van der Waals surface area (Å²) in [4.78, 5) is 2.41. The topological polar surface area (TPSA) is 32.3 Å². The average molecular weight is 283 g/mol. The summed E-state index contributed by atoms with van der Waals surface area (Å²) in [6.07, 6.45) is 0. The highest BCUT2D eigenvalue weighted by atomic mass is 32.1. The number of hydrogen-bond acceptors (Lipinski definition) is 3. The molecule has 2 rings (SSSR count). The molecule has 0 fully saturated rings. The van der Waals surface area contributed by atoms with E-state index in [1.165, 1.54) is 9.75 Å². The van der Waals surface area contributed by atoms with Crippen molar-refractivity contribution in [3.63, 3.8) is 0 Å². The summed E-state index contributed by atoms with van der Waals surface area (Å²) < 4.78 is 26.4. The third-order valence-electron chi connectivity index (χ3n) is 2.88. The van der Waals surface area contributed by atoms with Crippen LogP contribution in [-0.2, 0) is 6.54 Å². The smallest absolute Gasteiger partial charge is 0.187 e. The molecule has 0 saturated heterocycles. The van der Waals surface area contributed by atoms with Gasteiger partial charge in [-0.2, -0.15) is 0 Å². The lowest BCUT2D eigenvalue weighted by molar-refractivity contribution is 0.394. The van der Waals surface area contributed by atoms with Crippen molar-refractivity contribution in [2.24, 2.45) is 0 Å². The minimum absolute atomic E-state index is 0.110. The molecule has 0 amide bonds.